The number of carbonyl (C=O) groups excluding carboxylic acids is 1. The number of amides is 1. The molecule has 0 unspecified atom stereocenters. The van der Waals surface area contributed by atoms with Crippen molar-refractivity contribution < 1.29 is 9.53 Å². The Morgan fingerprint density at radius 2 is 2.00 bits per heavy atom. The van der Waals surface area contributed by atoms with Crippen LogP contribution in [0.1, 0.15) is 24.0 Å². The van der Waals surface area contributed by atoms with Crippen molar-refractivity contribution in [1.82, 2.24) is 0 Å². The maximum absolute atomic E-state index is 12.0. The van der Waals surface area contributed by atoms with Gasteiger partial charge in [0.15, 0.2) is 0 Å². The van der Waals surface area contributed by atoms with Gasteiger partial charge in [0.25, 0.3) is 0 Å². The number of hydrogen-bond donors (Lipinski definition) is 1. The number of rotatable bonds is 6. The minimum atomic E-state index is -0.0227. The first-order valence-corrected chi connectivity index (χ1v) is 8.58. The second-order valence-corrected chi connectivity index (χ2v) is 6.66. The number of aryl methyl sites for hydroxylation is 2. The third kappa shape index (κ3) is 5.56. The summed E-state index contributed by atoms with van der Waals surface area (Å²) in [5.74, 6) is 0.749. The highest BCUT2D eigenvalue weighted by Gasteiger charge is 2.06. The molecular weight excluding hydrogens is 378 g/mol. The topological polar surface area (TPSA) is 38.3 Å². The Labute approximate surface area is 150 Å². The Morgan fingerprint density at radius 1 is 1.22 bits per heavy atom. The van der Waals surface area contributed by atoms with E-state index < -0.39 is 0 Å². The molecule has 2 aromatic rings. The lowest BCUT2D eigenvalue weighted by molar-refractivity contribution is -0.116. The van der Waals surface area contributed by atoms with E-state index in [1.165, 1.54) is 0 Å². The number of nitrogens with one attached hydrogen (secondary N) is 1. The smallest absolute Gasteiger partial charge is 0.224 e. The molecule has 2 rings (SSSR count). The van der Waals surface area contributed by atoms with Gasteiger partial charge in [0.1, 0.15) is 5.75 Å². The molecule has 0 fully saturated rings. The largest absolute Gasteiger partial charge is 0.494 e. The van der Waals surface area contributed by atoms with Crippen LogP contribution in [0.4, 0.5) is 5.69 Å². The molecule has 0 atom stereocenters. The summed E-state index contributed by atoms with van der Waals surface area (Å²) < 4.78 is 6.52. The average Bonchev–Trinajstić information content (AvgIpc) is 2.50. The van der Waals surface area contributed by atoms with Crippen molar-refractivity contribution >= 4 is 39.1 Å². The van der Waals surface area contributed by atoms with E-state index in [1.54, 1.807) is 0 Å². The van der Waals surface area contributed by atoms with Crippen LogP contribution in [0, 0.1) is 13.8 Å². The van der Waals surface area contributed by atoms with Gasteiger partial charge >= 0.3 is 0 Å². The van der Waals surface area contributed by atoms with E-state index in [-0.39, 0.29) is 5.91 Å². The summed E-state index contributed by atoms with van der Waals surface area (Å²) in [7, 11) is 0. The fraction of sp³-hybridized carbons (Fsp3) is 0.278. The number of hydrogen-bond acceptors (Lipinski definition) is 2. The Balaban J connectivity index is 1.75. The molecule has 122 valence electrons. The van der Waals surface area contributed by atoms with Gasteiger partial charge in [0.2, 0.25) is 5.91 Å². The van der Waals surface area contributed by atoms with Crippen molar-refractivity contribution in [1.29, 1.82) is 0 Å². The summed E-state index contributed by atoms with van der Waals surface area (Å²) >= 11 is 9.42. The van der Waals surface area contributed by atoms with E-state index in [4.69, 9.17) is 16.3 Å². The zero-order chi connectivity index (χ0) is 16.8. The van der Waals surface area contributed by atoms with Gasteiger partial charge < -0.3 is 10.1 Å². The van der Waals surface area contributed by atoms with Crippen molar-refractivity contribution in [3.05, 3.63) is 57.0 Å². The summed E-state index contributed by atoms with van der Waals surface area (Å²) in [5, 5.41) is 3.62. The molecular formula is C18H19BrClNO2. The van der Waals surface area contributed by atoms with Crippen LogP contribution in [0.25, 0.3) is 0 Å². The van der Waals surface area contributed by atoms with E-state index in [0.717, 1.165) is 32.1 Å². The van der Waals surface area contributed by atoms with Gasteiger partial charge in [-0.2, -0.15) is 0 Å². The fourth-order valence-electron chi connectivity index (χ4n) is 2.06. The Hall–Kier alpha value is -1.52. The van der Waals surface area contributed by atoms with E-state index in [1.807, 2.05) is 50.2 Å². The van der Waals surface area contributed by atoms with Gasteiger partial charge in [-0.25, -0.2) is 0 Å². The Bertz CT molecular complexity index is 703. The van der Waals surface area contributed by atoms with Crippen molar-refractivity contribution in [2.24, 2.45) is 0 Å². The summed E-state index contributed by atoms with van der Waals surface area (Å²) in [6.07, 6.45) is 1.06. The maximum atomic E-state index is 12.0. The molecule has 2 aromatic carbocycles. The van der Waals surface area contributed by atoms with Crippen LogP contribution < -0.4 is 10.1 Å². The molecule has 0 saturated carbocycles. The lowest BCUT2D eigenvalue weighted by Crippen LogP contribution is -2.13. The fourth-order valence-corrected chi connectivity index (χ4v) is 2.77. The molecule has 0 heterocycles. The molecule has 0 radical (unpaired) electrons. The minimum Gasteiger partial charge on any atom is -0.494 e. The van der Waals surface area contributed by atoms with Gasteiger partial charge in [-0.3, -0.25) is 4.79 Å². The number of anilines is 1. The van der Waals surface area contributed by atoms with Crippen LogP contribution in [0.3, 0.4) is 0 Å². The second kappa shape index (κ2) is 8.37. The lowest BCUT2D eigenvalue weighted by Gasteiger charge is -2.09. The van der Waals surface area contributed by atoms with E-state index in [0.29, 0.717) is 19.4 Å². The SMILES string of the molecule is Cc1ccc(NC(=O)CCCOc2ccc(Cl)c(C)c2)c(Br)c1. The number of carbonyl (C=O) groups is 1. The average molecular weight is 397 g/mol. The van der Waals surface area contributed by atoms with Gasteiger partial charge in [0, 0.05) is 15.9 Å². The van der Waals surface area contributed by atoms with Crippen LogP contribution in [0.5, 0.6) is 5.75 Å². The van der Waals surface area contributed by atoms with Crippen LogP contribution in [0.15, 0.2) is 40.9 Å². The molecule has 0 bridgehead atoms. The van der Waals surface area contributed by atoms with Crippen molar-refractivity contribution in [2.45, 2.75) is 26.7 Å². The van der Waals surface area contributed by atoms with E-state index in [9.17, 15) is 4.79 Å². The normalized spacial score (nSPS) is 10.4. The standard InChI is InChI=1S/C18H19BrClNO2/c1-12-5-8-17(15(19)10-12)21-18(22)4-3-9-23-14-6-7-16(20)13(2)11-14/h5-8,10-11H,3-4,9H2,1-2H3,(H,21,22). The van der Waals surface area contributed by atoms with Gasteiger partial charge in [-0.05, 0) is 77.7 Å². The second-order valence-electron chi connectivity index (χ2n) is 5.39. The third-order valence-electron chi connectivity index (χ3n) is 3.34. The van der Waals surface area contributed by atoms with Crippen molar-refractivity contribution in [2.75, 3.05) is 11.9 Å². The highest BCUT2D eigenvalue weighted by atomic mass is 79.9. The number of ether oxygens (including phenoxy) is 1. The van der Waals surface area contributed by atoms with Gasteiger partial charge in [-0.1, -0.05) is 17.7 Å². The third-order valence-corrected chi connectivity index (χ3v) is 4.43. The van der Waals surface area contributed by atoms with Gasteiger partial charge in [0.05, 0.1) is 12.3 Å². The summed E-state index contributed by atoms with van der Waals surface area (Å²) in [4.78, 5) is 12.0. The first-order valence-electron chi connectivity index (χ1n) is 7.40. The predicted octanol–water partition coefficient (Wildman–Crippen LogP) is 5.52. The first-order chi connectivity index (χ1) is 11.0. The molecule has 3 nitrogen and oxygen atoms in total. The molecule has 0 aliphatic carbocycles. The van der Waals surface area contributed by atoms with Crippen LogP contribution >= 0.6 is 27.5 Å². The zero-order valence-corrected chi connectivity index (χ0v) is 15.5. The highest BCUT2D eigenvalue weighted by Crippen LogP contribution is 2.24. The molecule has 0 saturated heterocycles. The molecule has 23 heavy (non-hydrogen) atoms. The summed E-state index contributed by atoms with van der Waals surface area (Å²) in [6.45, 7) is 4.43. The predicted molar refractivity (Wildman–Crippen MR) is 98.4 cm³/mol. The van der Waals surface area contributed by atoms with Crippen molar-refractivity contribution in [3.8, 4) is 5.75 Å². The quantitative estimate of drug-likeness (QED) is 0.653. The maximum Gasteiger partial charge on any atom is 0.224 e. The van der Waals surface area contributed by atoms with Crippen LogP contribution in [-0.2, 0) is 4.79 Å². The Morgan fingerprint density at radius 3 is 2.70 bits per heavy atom. The van der Waals surface area contributed by atoms with E-state index >= 15 is 0 Å². The van der Waals surface area contributed by atoms with E-state index in [2.05, 4.69) is 21.2 Å². The lowest BCUT2D eigenvalue weighted by atomic mass is 10.2. The highest BCUT2D eigenvalue weighted by molar-refractivity contribution is 9.10. The molecule has 1 amide bonds. The summed E-state index contributed by atoms with van der Waals surface area (Å²) in [5.41, 5.74) is 2.91. The molecule has 0 aromatic heterocycles. The molecule has 5 heteroatoms. The molecule has 0 aliphatic rings. The monoisotopic (exact) mass is 395 g/mol. The Kier molecular flexibility index (Phi) is 6.48. The zero-order valence-electron chi connectivity index (χ0n) is 13.2. The first kappa shape index (κ1) is 17.8. The summed E-state index contributed by atoms with van der Waals surface area (Å²) in [6, 6.07) is 11.4. The van der Waals surface area contributed by atoms with Crippen LogP contribution in [0.2, 0.25) is 5.02 Å². The number of halogens is 2. The van der Waals surface area contributed by atoms with Crippen LogP contribution in [-0.4, -0.2) is 12.5 Å². The molecule has 0 spiro atoms. The molecule has 1 N–H and O–H groups in total. The molecule has 0 aliphatic heterocycles. The van der Waals surface area contributed by atoms with Gasteiger partial charge in [-0.15, -0.1) is 0 Å². The number of benzene rings is 2. The minimum absolute atomic E-state index is 0.0227. The van der Waals surface area contributed by atoms with Crippen molar-refractivity contribution in [3.63, 3.8) is 0 Å².